The van der Waals surface area contributed by atoms with Crippen LogP contribution in [0.5, 0.6) is 0 Å². The van der Waals surface area contributed by atoms with E-state index >= 15 is 0 Å². The smallest absolute Gasteiger partial charge is 0.335 e. The highest BCUT2D eigenvalue weighted by molar-refractivity contribution is 5.88. The second-order valence-electron chi connectivity index (χ2n) is 2.94. The topological polar surface area (TPSA) is 40.5 Å². The third kappa shape index (κ3) is 2.25. The molecule has 0 radical (unpaired) electrons. The number of hydrogen-bond acceptors (Lipinski definition) is 2. The van der Waals surface area contributed by atoms with Crippen molar-refractivity contribution in [2.45, 2.75) is 13.8 Å². The van der Waals surface area contributed by atoms with Crippen molar-refractivity contribution in [3.63, 3.8) is 0 Å². The molecule has 0 spiro atoms. The molecule has 0 bridgehead atoms. The first-order chi connectivity index (χ1) is 7.10. The Bertz CT molecular complexity index is 362. The molecule has 3 heteroatoms. The van der Waals surface area contributed by atoms with E-state index in [0.29, 0.717) is 0 Å². The first kappa shape index (κ1) is 9.06. The van der Waals surface area contributed by atoms with Crippen molar-refractivity contribution in [2.24, 2.45) is 0 Å². The largest absolute Gasteiger partial charge is 0.478 e. The van der Waals surface area contributed by atoms with E-state index in [1.54, 1.807) is 6.07 Å². The number of rotatable bonds is 4. The fourth-order valence-electron chi connectivity index (χ4n) is 1.31. The average Bonchev–Trinajstić information content (AvgIpc) is 2.21. The van der Waals surface area contributed by atoms with Gasteiger partial charge in [-0.05, 0) is 38.1 Å². The highest BCUT2D eigenvalue weighted by Crippen LogP contribution is 2.14. The average molecular weight is 194 g/mol. The van der Waals surface area contributed by atoms with Crippen LogP contribution in [0, 0.1) is 0 Å². The Morgan fingerprint density at radius 2 is 2.07 bits per heavy atom. The van der Waals surface area contributed by atoms with Gasteiger partial charge in [0.2, 0.25) is 0 Å². The van der Waals surface area contributed by atoms with E-state index in [0.717, 1.165) is 18.8 Å². The van der Waals surface area contributed by atoms with Crippen molar-refractivity contribution in [3.8, 4) is 0 Å². The zero-order chi connectivity index (χ0) is 11.4. The summed E-state index contributed by atoms with van der Waals surface area (Å²) in [5.74, 6) is -0.991. The van der Waals surface area contributed by atoms with Crippen LogP contribution in [0.3, 0.4) is 0 Å². The van der Waals surface area contributed by atoms with E-state index in [1.807, 2.05) is 18.7 Å². The summed E-state index contributed by atoms with van der Waals surface area (Å²) < 4.78 is 7.74. The Labute approximate surface area is 85.4 Å². The maximum Gasteiger partial charge on any atom is 0.335 e. The molecule has 14 heavy (non-hydrogen) atoms. The molecule has 1 aromatic rings. The van der Waals surface area contributed by atoms with E-state index in [1.165, 1.54) is 12.1 Å². The lowest BCUT2D eigenvalue weighted by atomic mass is 10.2. The summed E-state index contributed by atoms with van der Waals surface area (Å²) >= 11 is 0. The molecule has 1 aromatic carbocycles. The van der Waals surface area contributed by atoms with Crippen LogP contribution in [0.15, 0.2) is 24.2 Å². The van der Waals surface area contributed by atoms with Gasteiger partial charge in [0.05, 0.1) is 6.93 Å². The second kappa shape index (κ2) is 4.65. The number of carboxylic acids is 1. The molecule has 0 aliphatic carbocycles. The van der Waals surface area contributed by atoms with Gasteiger partial charge in [-0.15, -0.1) is 0 Å². The normalized spacial score (nSPS) is 10.9. The first-order valence-electron chi connectivity index (χ1n) is 5.19. The zero-order valence-corrected chi connectivity index (χ0v) is 8.45. The van der Waals surface area contributed by atoms with E-state index in [4.69, 9.17) is 6.48 Å². The zero-order valence-electron chi connectivity index (χ0n) is 9.45. The van der Waals surface area contributed by atoms with Crippen LogP contribution in [0.1, 0.15) is 25.6 Å². The predicted molar refractivity (Wildman–Crippen MR) is 57.0 cm³/mol. The third-order valence-corrected chi connectivity index (χ3v) is 2.15. The van der Waals surface area contributed by atoms with Crippen LogP contribution in [0.2, 0.25) is 0 Å². The number of nitrogens with zero attached hydrogens (tertiary/aromatic N) is 1. The summed E-state index contributed by atoms with van der Waals surface area (Å²) in [4.78, 5) is 12.7. The molecular formula is C11H15NO2. The van der Waals surface area contributed by atoms with E-state index in [-0.39, 0.29) is 11.6 Å². The van der Waals surface area contributed by atoms with Gasteiger partial charge in [0.1, 0.15) is 0 Å². The summed E-state index contributed by atoms with van der Waals surface area (Å²) in [6.45, 7) is 5.64. The van der Waals surface area contributed by atoms with Crippen LogP contribution in [0.4, 0.5) is 5.69 Å². The molecule has 0 saturated carbocycles. The minimum atomic E-state index is -0.991. The van der Waals surface area contributed by atoms with Crippen LogP contribution >= 0.6 is 0 Å². The van der Waals surface area contributed by atoms with Crippen LogP contribution in [-0.4, -0.2) is 24.2 Å². The molecule has 0 heterocycles. The second-order valence-corrected chi connectivity index (χ2v) is 2.94. The van der Waals surface area contributed by atoms with E-state index in [2.05, 4.69) is 0 Å². The molecule has 0 amide bonds. The molecular weight excluding hydrogens is 178 g/mol. The number of aromatic carboxylic acids is 1. The Balaban J connectivity index is 3.07. The van der Waals surface area contributed by atoms with Gasteiger partial charge < -0.3 is 10.0 Å². The van der Waals surface area contributed by atoms with Crippen molar-refractivity contribution in [1.29, 1.82) is 0 Å². The molecule has 0 aromatic heterocycles. The van der Waals surface area contributed by atoms with Crippen LogP contribution < -0.4 is 4.90 Å². The van der Waals surface area contributed by atoms with Gasteiger partial charge in [0, 0.05) is 18.8 Å². The molecule has 0 unspecified atom stereocenters. The lowest BCUT2D eigenvalue weighted by Crippen LogP contribution is -2.21. The summed E-state index contributed by atoms with van der Waals surface area (Å²) in [6, 6.07) is 4.88. The van der Waals surface area contributed by atoms with Gasteiger partial charge in [0.15, 0.2) is 0 Å². The lowest BCUT2D eigenvalue weighted by molar-refractivity contribution is 0.0697. The van der Waals surface area contributed by atoms with Crippen LogP contribution in [0.25, 0.3) is 0 Å². The number of carbonyl (C=O) groups is 1. The van der Waals surface area contributed by atoms with Crippen molar-refractivity contribution < 1.29 is 11.3 Å². The highest BCUT2D eigenvalue weighted by Gasteiger charge is 2.04. The number of anilines is 1. The first-order valence-corrected chi connectivity index (χ1v) is 4.69. The SMILES string of the molecule is [2H]c1cc(C(=O)O)ccc1N(CC)CC. The molecule has 0 aliphatic rings. The number of hydrogen-bond donors (Lipinski definition) is 1. The standard InChI is InChI=1S/C11H15NO2/c1-3-12(4-2)10-7-5-9(6-8-10)11(13)14/h5-8H,3-4H2,1-2H3,(H,13,14)/i7D. The lowest BCUT2D eigenvalue weighted by Gasteiger charge is -2.20. The molecule has 3 nitrogen and oxygen atoms in total. The van der Waals surface area contributed by atoms with Gasteiger partial charge in [-0.2, -0.15) is 0 Å². The number of carboxylic acid groups (broad SMARTS) is 1. The fraction of sp³-hybridized carbons (Fsp3) is 0.364. The van der Waals surface area contributed by atoms with Gasteiger partial charge in [-0.1, -0.05) is 0 Å². The molecule has 0 atom stereocenters. The van der Waals surface area contributed by atoms with E-state index < -0.39 is 5.97 Å². The van der Waals surface area contributed by atoms with Crippen LogP contribution in [-0.2, 0) is 0 Å². The van der Waals surface area contributed by atoms with Gasteiger partial charge in [0.25, 0.3) is 0 Å². The molecule has 1 N–H and O–H groups in total. The maximum absolute atomic E-state index is 10.7. The fourth-order valence-corrected chi connectivity index (χ4v) is 1.31. The third-order valence-electron chi connectivity index (χ3n) is 2.15. The molecule has 0 saturated heterocycles. The van der Waals surface area contributed by atoms with Crippen molar-refractivity contribution in [2.75, 3.05) is 18.0 Å². The summed E-state index contributed by atoms with van der Waals surface area (Å²) in [7, 11) is 0. The quantitative estimate of drug-likeness (QED) is 0.799. The highest BCUT2D eigenvalue weighted by atomic mass is 16.4. The molecule has 76 valence electrons. The Kier molecular flexibility index (Phi) is 3.01. The minimum Gasteiger partial charge on any atom is -0.478 e. The van der Waals surface area contributed by atoms with Gasteiger partial charge in [-0.25, -0.2) is 4.79 Å². The van der Waals surface area contributed by atoms with Crippen molar-refractivity contribution >= 4 is 11.7 Å². The van der Waals surface area contributed by atoms with Crippen molar-refractivity contribution in [3.05, 3.63) is 29.8 Å². The Morgan fingerprint density at radius 1 is 1.43 bits per heavy atom. The minimum absolute atomic E-state index is 0.163. The summed E-state index contributed by atoms with van der Waals surface area (Å²) in [6.07, 6.45) is 0. The monoisotopic (exact) mass is 194 g/mol. The Hall–Kier alpha value is -1.51. The van der Waals surface area contributed by atoms with Gasteiger partial charge in [-0.3, -0.25) is 0 Å². The predicted octanol–water partition coefficient (Wildman–Crippen LogP) is 2.23. The Morgan fingerprint density at radius 3 is 2.50 bits per heavy atom. The molecule has 1 rings (SSSR count). The molecule has 0 fully saturated rings. The molecule has 0 aliphatic heterocycles. The van der Waals surface area contributed by atoms with E-state index in [9.17, 15) is 4.79 Å². The maximum atomic E-state index is 10.7. The number of benzene rings is 1. The summed E-state index contributed by atoms with van der Waals surface area (Å²) in [5.41, 5.74) is 0.945. The summed E-state index contributed by atoms with van der Waals surface area (Å²) in [5, 5.41) is 8.76. The van der Waals surface area contributed by atoms with Gasteiger partial charge >= 0.3 is 5.97 Å². The van der Waals surface area contributed by atoms with Crippen molar-refractivity contribution in [1.82, 2.24) is 0 Å².